The first-order valence-corrected chi connectivity index (χ1v) is 11.8. The molecule has 0 radical (unpaired) electrons. The van der Waals surface area contributed by atoms with E-state index in [2.05, 4.69) is 88.4 Å². The SMILES string of the molecule is Clc1ccc(-c2cc(C3CCN(CCc4ccccc4)CC3)n(-c3ccccc3)n2)cc1. The second kappa shape index (κ2) is 9.72. The van der Waals surface area contributed by atoms with Crippen LogP contribution in [-0.4, -0.2) is 34.3 Å². The highest BCUT2D eigenvalue weighted by molar-refractivity contribution is 6.30. The summed E-state index contributed by atoms with van der Waals surface area (Å²) < 4.78 is 2.15. The fourth-order valence-corrected chi connectivity index (χ4v) is 4.73. The van der Waals surface area contributed by atoms with Crippen molar-refractivity contribution < 1.29 is 0 Å². The first-order chi connectivity index (χ1) is 15.8. The lowest BCUT2D eigenvalue weighted by atomic mass is 9.92. The maximum atomic E-state index is 6.10. The molecule has 3 nitrogen and oxygen atoms in total. The first kappa shape index (κ1) is 21.0. The normalized spacial score (nSPS) is 15.2. The molecule has 162 valence electrons. The smallest absolute Gasteiger partial charge is 0.0930 e. The van der Waals surface area contributed by atoms with Crippen molar-refractivity contribution in [3.05, 3.63) is 107 Å². The second-order valence-corrected chi connectivity index (χ2v) is 9.00. The minimum atomic E-state index is 0.511. The molecule has 0 unspecified atom stereocenters. The van der Waals surface area contributed by atoms with Gasteiger partial charge in [-0.1, -0.05) is 72.3 Å². The van der Waals surface area contributed by atoms with E-state index in [-0.39, 0.29) is 0 Å². The fraction of sp³-hybridized carbons (Fsp3) is 0.250. The Morgan fingerprint density at radius 2 is 1.47 bits per heavy atom. The summed E-state index contributed by atoms with van der Waals surface area (Å²) in [5.41, 5.74) is 5.96. The van der Waals surface area contributed by atoms with Gasteiger partial charge >= 0.3 is 0 Å². The number of hydrogen-bond acceptors (Lipinski definition) is 2. The van der Waals surface area contributed by atoms with E-state index in [9.17, 15) is 0 Å². The van der Waals surface area contributed by atoms with Gasteiger partial charge in [0.15, 0.2) is 0 Å². The predicted molar refractivity (Wildman–Crippen MR) is 133 cm³/mol. The van der Waals surface area contributed by atoms with Gasteiger partial charge in [-0.05, 0) is 68.2 Å². The maximum absolute atomic E-state index is 6.10. The lowest BCUT2D eigenvalue weighted by Crippen LogP contribution is -2.34. The van der Waals surface area contributed by atoms with Crippen molar-refractivity contribution in [2.45, 2.75) is 25.2 Å². The second-order valence-electron chi connectivity index (χ2n) is 8.56. The molecule has 32 heavy (non-hydrogen) atoms. The quantitative estimate of drug-likeness (QED) is 0.335. The Morgan fingerprint density at radius 3 is 2.16 bits per heavy atom. The van der Waals surface area contributed by atoms with Gasteiger partial charge in [0.25, 0.3) is 0 Å². The van der Waals surface area contributed by atoms with Gasteiger partial charge in [0.1, 0.15) is 0 Å². The standard InChI is InChI=1S/C28H28ClN3/c29-25-13-11-23(12-14-25)27-21-28(32(30-27)26-9-5-2-6-10-26)24-16-19-31(20-17-24)18-15-22-7-3-1-4-8-22/h1-14,21,24H,15-20H2. The largest absolute Gasteiger partial charge is 0.303 e. The summed E-state index contributed by atoms with van der Waals surface area (Å²) in [5.74, 6) is 0.511. The third-order valence-electron chi connectivity index (χ3n) is 6.44. The topological polar surface area (TPSA) is 21.1 Å². The molecular weight excluding hydrogens is 414 g/mol. The third-order valence-corrected chi connectivity index (χ3v) is 6.70. The summed E-state index contributed by atoms with van der Waals surface area (Å²) in [5, 5.41) is 5.76. The summed E-state index contributed by atoms with van der Waals surface area (Å²) in [4.78, 5) is 2.60. The summed E-state index contributed by atoms with van der Waals surface area (Å²) in [6, 6.07) is 31.5. The maximum Gasteiger partial charge on any atom is 0.0930 e. The molecule has 0 atom stereocenters. The van der Waals surface area contributed by atoms with Crippen LogP contribution in [0.25, 0.3) is 16.9 Å². The molecule has 0 N–H and O–H groups in total. The van der Waals surface area contributed by atoms with Crippen LogP contribution in [0, 0.1) is 0 Å². The van der Waals surface area contributed by atoms with E-state index in [0.29, 0.717) is 5.92 Å². The number of likely N-dealkylation sites (tertiary alicyclic amines) is 1. The minimum absolute atomic E-state index is 0.511. The van der Waals surface area contributed by atoms with Crippen LogP contribution < -0.4 is 0 Å². The van der Waals surface area contributed by atoms with Crippen molar-refractivity contribution in [1.29, 1.82) is 0 Å². The van der Waals surface area contributed by atoms with E-state index in [0.717, 1.165) is 60.9 Å². The molecule has 2 heterocycles. The average molecular weight is 442 g/mol. The lowest BCUT2D eigenvalue weighted by molar-refractivity contribution is 0.212. The monoisotopic (exact) mass is 441 g/mol. The van der Waals surface area contributed by atoms with Gasteiger partial charge < -0.3 is 4.90 Å². The Bertz CT molecular complexity index is 1130. The fourth-order valence-electron chi connectivity index (χ4n) is 4.61. The molecule has 0 spiro atoms. The van der Waals surface area contributed by atoms with Gasteiger partial charge in [-0.25, -0.2) is 4.68 Å². The molecule has 0 saturated carbocycles. The van der Waals surface area contributed by atoms with E-state index in [1.165, 1.54) is 11.3 Å². The summed E-state index contributed by atoms with van der Waals surface area (Å²) in [6.07, 6.45) is 3.44. The average Bonchev–Trinajstić information content (AvgIpc) is 3.30. The molecule has 1 aliphatic rings. The van der Waals surface area contributed by atoms with E-state index in [4.69, 9.17) is 16.7 Å². The molecule has 4 aromatic rings. The number of aromatic nitrogens is 2. The van der Waals surface area contributed by atoms with Gasteiger partial charge in [0.2, 0.25) is 0 Å². The van der Waals surface area contributed by atoms with E-state index in [1.54, 1.807) is 0 Å². The molecule has 4 heteroatoms. The van der Waals surface area contributed by atoms with Crippen molar-refractivity contribution in [3.63, 3.8) is 0 Å². The molecule has 0 amide bonds. The molecule has 1 saturated heterocycles. The highest BCUT2D eigenvalue weighted by atomic mass is 35.5. The van der Waals surface area contributed by atoms with Gasteiger partial charge in [0, 0.05) is 28.7 Å². The van der Waals surface area contributed by atoms with E-state index < -0.39 is 0 Å². The van der Waals surface area contributed by atoms with Crippen LogP contribution in [0.3, 0.4) is 0 Å². The van der Waals surface area contributed by atoms with Crippen LogP contribution in [0.5, 0.6) is 0 Å². The number of piperidine rings is 1. The summed E-state index contributed by atoms with van der Waals surface area (Å²) in [7, 11) is 0. The molecule has 0 bridgehead atoms. The number of benzene rings is 3. The van der Waals surface area contributed by atoms with Crippen molar-refractivity contribution >= 4 is 11.6 Å². The highest BCUT2D eigenvalue weighted by Crippen LogP contribution is 2.33. The van der Waals surface area contributed by atoms with Crippen LogP contribution in [0.4, 0.5) is 0 Å². The minimum Gasteiger partial charge on any atom is -0.303 e. The number of halogens is 1. The zero-order valence-corrected chi connectivity index (χ0v) is 19.0. The zero-order chi connectivity index (χ0) is 21.8. The zero-order valence-electron chi connectivity index (χ0n) is 18.2. The molecule has 3 aromatic carbocycles. The van der Waals surface area contributed by atoms with Gasteiger partial charge in [-0.3, -0.25) is 0 Å². The number of nitrogens with zero attached hydrogens (tertiary/aromatic N) is 3. The Kier molecular flexibility index (Phi) is 6.38. The van der Waals surface area contributed by atoms with E-state index >= 15 is 0 Å². The molecule has 1 aromatic heterocycles. The van der Waals surface area contributed by atoms with Crippen LogP contribution >= 0.6 is 11.6 Å². The predicted octanol–water partition coefficient (Wildman–Crippen LogP) is 6.61. The number of rotatable bonds is 6. The van der Waals surface area contributed by atoms with Gasteiger partial charge in [0.05, 0.1) is 11.4 Å². The van der Waals surface area contributed by atoms with Crippen molar-refractivity contribution in [2.24, 2.45) is 0 Å². The van der Waals surface area contributed by atoms with Crippen molar-refractivity contribution in [2.75, 3.05) is 19.6 Å². The molecule has 1 aliphatic heterocycles. The van der Waals surface area contributed by atoms with Crippen LogP contribution in [0.1, 0.15) is 30.0 Å². The Morgan fingerprint density at radius 1 is 0.812 bits per heavy atom. The van der Waals surface area contributed by atoms with Crippen LogP contribution in [0.15, 0.2) is 91.0 Å². The molecule has 0 aliphatic carbocycles. The van der Waals surface area contributed by atoms with Crippen molar-refractivity contribution in [1.82, 2.24) is 14.7 Å². The molecule has 1 fully saturated rings. The van der Waals surface area contributed by atoms with Gasteiger partial charge in [-0.15, -0.1) is 0 Å². The Labute approximate surface area is 195 Å². The van der Waals surface area contributed by atoms with Gasteiger partial charge in [-0.2, -0.15) is 5.10 Å². The third kappa shape index (κ3) is 4.79. The van der Waals surface area contributed by atoms with Crippen LogP contribution in [-0.2, 0) is 6.42 Å². The van der Waals surface area contributed by atoms with E-state index in [1.807, 2.05) is 12.1 Å². The molecule has 5 rings (SSSR count). The van der Waals surface area contributed by atoms with Crippen molar-refractivity contribution in [3.8, 4) is 16.9 Å². The lowest BCUT2D eigenvalue weighted by Gasteiger charge is -2.32. The first-order valence-electron chi connectivity index (χ1n) is 11.4. The number of hydrogen-bond donors (Lipinski definition) is 0. The summed E-state index contributed by atoms with van der Waals surface area (Å²) >= 11 is 6.10. The Balaban J connectivity index is 1.34. The Hall–Kier alpha value is -2.88. The van der Waals surface area contributed by atoms with Crippen LogP contribution in [0.2, 0.25) is 5.02 Å². The highest BCUT2D eigenvalue weighted by Gasteiger charge is 2.25. The number of para-hydroxylation sites is 1. The summed E-state index contributed by atoms with van der Waals surface area (Å²) in [6.45, 7) is 3.40. The molecular formula is C28H28ClN3.